The summed E-state index contributed by atoms with van der Waals surface area (Å²) >= 11 is 0. The zero-order valence-electron chi connectivity index (χ0n) is 18.0. The average molecular weight is 449 g/mol. The van der Waals surface area contributed by atoms with Crippen LogP contribution in [0.3, 0.4) is 0 Å². The van der Waals surface area contributed by atoms with Gasteiger partial charge in [-0.25, -0.2) is 9.59 Å². The number of nitrogens with zero attached hydrogens (tertiary/aromatic N) is 1. The van der Waals surface area contributed by atoms with Gasteiger partial charge in [-0.1, -0.05) is 30.3 Å². The van der Waals surface area contributed by atoms with E-state index in [1.54, 1.807) is 32.9 Å². The van der Waals surface area contributed by atoms with Crippen LogP contribution in [0.1, 0.15) is 32.8 Å². The third kappa shape index (κ3) is 8.46. The molecule has 2 rings (SSSR count). The van der Waals surface area contributed by atoms with Gasteiger partial charge in [0.2, 0.25) is 11.8 Å². The highest BCUT2D eigenvalue weighted by Gasteiger charge is 2.23. The Bertz CT molecular complexity index is 901. The van der Waals surface area contributed by atoms with Crippen molar-refractivity contribution in [1.29, 1.82) is 0 Å². The molecule has 32 heavy (non-hydrogen) atoms. The first-order valence-corrected chi connectivity index (χ1v) is 9.78. The number of nitrogens with one attached hydrogen (secondary N) is 2. The molecule has 4 N–H and O–H groups in total. The van der Waals surface area contributed by atoms with Crippen LogP contribution >= 0.6 is 0 Å². The molecule has 0 saturated heterocycles. The number of carbonyl (C=O) groups is 3. The lowest BCUT2D eigenvalue weighted by Crippen LogP contribution is -2.47. The highest BCUT2D eigenvalue weighted by Crippen LogP contribution is 2.18. The van der Waals surface area contributed by atoms with Gasteiger partial charge in [-0.15, -0.1) is 4.73 Å². The van der Waals surface area contributed by atoms with Crippen LogP contribution in [0.2, 0.25) is 0 Å². The molecule has 0 aliphatic carbocycles. The summed E-state index contributed by atoms with van der Waals surface area (Å²) in [5.41, 5.74) is 0.0312. The lowest BCUT2D eigenvalue weighted by molar-refractivity contribution is -0.145. The largest absolute Gasteiger partial charge is 0.492 e. The van der Waals surface area contributed by atoms with Crippen LogP contribution in [0.5, 0.6) is 11.8 Å². The summed E-state index contributed by atoms with van der Waals surface area (Å²) in [6.07, 6.45) is -2.08. The summed E-state index contributed by atoms with van der Waals surface area (Å²) in [6, 6.07) is 10.4. The fourth-order valence-corrected chi connectivity index (χ4v) is 2.46. The van der Waals surface area contributed by atoms with E-state index in [0.29, 0.717) is 4.73 Å². The van der Waals surface area contributed by atoms with E-state index >= 15 is 0 Å². The summed E-state index contributed by atoms with van der Waals surface area (Å²) in [5.74, 6) is -1.60. The van der Waals surface area contributed by atoms with Gasteiger partial charge in [0.25, 0.3) is 0 Å². The quantitative estimate of drug-likeness (QED) is 0.448. The lowest BCUT2D eigenvalue weighted by Gasteiger charge is -2.23. The van der Waals surface area contributed by atoms with Crippen LogP contribution in [0.4, 0.5) is 9.59 Å². The van der Waals surface area contributed by atoms with Crippen LogP contribution in [-0.4, -0.2) is 51.3 Å². The molecule has 0 unspecified atom stereocenters. The molecule has 174 valence electrons. The fraction of sp³-hybridized carbons (Fsp3) is 0.381. The highest BCUT2D eigenvalue weighted by molar-refractivity contribution is 5.73. The monoisotopic (exact) mass is 449 g/mol. The Labute approximate surface area is 184 Å². The summed E-state index contributed by atoms with van der Waals surface area (Å²) in [6.45, 7) is 4.88. The topological polar surface area (TPSA) is 148 Å². The molecule has 2 aromatic rings. The van der Waals surface area contributed by atoms with E-state index in [1.807, 2.05) is 18.2 Å². The number of hydrogen-bond donors (Lipinski definition) is 4. The van der Waals surface area contributed by atoms with Gasteiger partial charge in [0.15, 0.2) is 0 Å². The van der Waals surface area contributed by atoms with Crippen molar-refractivity contribution in [1.82, 2.24) is 15.4 Å². The zero-order valence-corrected chi connectivity index (χ0v) is 18.0. The van der Waals surface area contributed by atoms with Gasteiger partial charge in [0, 0.05) is 18.7 Å². The molecular weight excluding hydrogens is 422 g/mol. The second kappa shape index (κ2) is 10.9. The van der Waals surface area contributed by atoms with E-state index in [0.717, 1.165) is 17.7 Å². The Balaban J connectivity index is 1.94. The highest BCUT2D eigenvalue weighted by atomic mass is 16.7. The van der Waals surface area contributed by atoms with Crippen molar-refractivity contribution in [3.63, 3.8) is 0 Å². The fourth-order valence-electron chi connectivity index (χ4n) is 2.46. The van der Waals surface area contributed by atoms with Crippen molar-refractivity contribution in [2.75, 3.05) is 6.54 Å². The predicted molar refractivity (Wildman–Crippen MR) is 112 cm³/mol. The molecule has 0 aliphatic rings. The Morgan fingerprint density at radius 2 is 1.62 bits per heavy atom. The van der Waals surface area contributed by atoms with Crippen LogP contribution in [0, 0.1) is 0 Å². The molecule has 0 radical (unpaired) electrons. The second-order valence-electron chi connectivity index (χ2n) is 7.80. The zero-order chi connectivity index (χ0) is 23.7. The number of benzene rings is 1. The Morgan fingerprint density at radius 3 is 2.22 bits per heavy atom. The van der Waals surface area contributed by atoms with Gasteiger partial charge in [-0.2, -0.15) is 0 Å². The maximum absolute atomic E-state index is 12.3. The van der Waals surface area contributed by atoms with Gasteiger partial charge in [-0.3, -0.25) is 4.79 Å². The summed E-state index contributed by atoms with van der Waals surface area (Å²) < 4.78 is 10.9. The molecule has 1 aromatic heterocycles. The molecule has 11 nitrogen and oxygen atoms in total. The molecular formula is C21H27N3O8. The molecule has 0 spiro atoms. The van der Waals surface area contributed by atoms with Gasteiger partial charge in [0.05, 0.1) is 12.5 Å². The second-order valence-corrected chi connectivity index (χ2v) is 7.80. The van der Waals surface area contributed by atoms with E-state index in [1.165, 1.54) is 0 Å². The van der Waals surface area contributed by atoms with Gasteiger partial charge in [0.1, 0.15) is 12.2 Å². The number of ether oxygens (including phenoxy) is 2. The Morgan fingerprint density at radius 1 is 1.00 bits per heavy atom. The normalized spacial score (nSPS) is 11.8. The van der Waals surface area contributed by atoms with Crippen molar-refractivity contribution in [3.8, 4) is 11.8 Å². The first-order chi connectivity index (χ1) is 15.0. The molecule has 0 fully saturated rings. The predicted octanol–water partition coefficient (Wildman–Crippen LogP) is 2.06. The van der Waals surface area contributed by atoms with Crippen molar-refractivity contribution in [2.24, 2.45) is 0 Å². The number of alkyl carbamates (subject to hydrolysis) is 1. The van der Waals surface area contributed by atoms with Crippen molar-refractivity contribution in [3.05, 3.63) is 48.0 Å². The average Bonchev–Trinajstić information content (AvgIpc) is 3.02. The van der Waals surface area contributed by atoms with Crippen molar-refractivity contribution in [2.45, 2.75) is 45.4 Å². The van der Waals surface area contributed by atoms with E-state index in [-0.39, 0.29) is 19.6 Å². The Kier molecular flexibility index (Phi) is 8.33. The van der Waals surface area contributed by atoms with E-state index in [9.17, 15) is 24.6 Å². The van der Waals surface area contributed by atoms with Crippen LogP contribution in [0.15, 0.2) is 42.5 Å². The minimum atomic E-state index is -1.04. The molecule has 2 amide bonds. The third-order valence-electron chi connectivity index (χ3n) is 3.84. The summed E-state index contributed by atoms with van der Waals surface area (Å²) in [7, 11) is 0. The van der Waals surface area contributed by atoms with Gasteiger partial charge < -0.3 is 35.2 Å². The maximum Gasteiger partial charge on any atom is 0.432 e. The third-order valence-corrected chi connectivity index (χ3v) is 3.84. The summed E-state index contributed by atoms with van der Waals surface area (Å²) in [5, 5.41) is 23.9. The lowest BCUT2D eigenvalue weighted by atomic mass is 10.2. The van der Waals surface area contributed by atoms with Gasteiger partial charge >= 0.3 is 18.2 Å². The van der Waals surface area contributed by atoms with Crippen LogP contribution in [-0.2, 0) is 20.9 Å². The number of rotatable bonds is 8. The van der Waals surface area contributed by atoms with Gasteiger partial charge in [-0.05, 0) is 26.3 Å². The maximum atomic E-state index is 12.3. The van der Waals surface area contributed by atoms with E-state index < -0.39 is 41.6 Å². The molecule has 1 atom stereocenters. The molecule has 0 bridgehead atoms. The minimum Gasteiger partial charge on any atom is -0.492 e. The molecule has 0 saturated carbocycles. The first kappa shape index (κ1) is 24.4. The van der Waals surface area contributed by atoms with E-state index in [2.05, 4.69) is 10.6 Å². The number of carbonyl (C=O) groups excluding carboxylic acids is 3. The number of hydrogen-bond acceptors (Lipinski definition) is 8. The number of aromatic nitrogens is 1. The molecule has 1 aromatic carbocycles. The smallest absolute Gasteiger partial charge is 0.432 e. The molecule has 11 heteroatoms. The van der Waals surface area contributed by atoms with E-state index in [4.69, 9.17) is 14.3 Å². The number of amides is 2. The minimum absolute atomic E-state index is 0.0560. The Hall–Kier alpha value is -3.89. The van der Waals surface area contributed by atoms with Crippen molar-refractivity contribution >= 4 is 18.2 Å². The standard InChI is InChI=1S/C21H27N3O8/c1-21(2,3)31-20(29)23-15(11-18(27)30-13-14-7-5-4-6-8-14)12-22-19(28)32-24-16(25)9-10-17(24)26/h4-10,15,25-26H,11-13H2,1-3H3,(H,22,28)(H,23,29)/t15-/m0/s1. The van der Waals surface area contributed by atoms with Crippen LogP contribution in [0.25, 0.3) is 0 Å². The SMILES string of the molecule is CC(C)(C)OC(=O)N[C@H](CNC(=O)On1c(O)ccc1O)CC(=O)OCc1ccccc1. The first-order valence-electron chi connectivity index (χ1n) is 9.78. The summed E-state index contributed by atoms with van der Waals surface area (Å²) in [4.78, 5) is 41.1. The molecule has 0 aliphatic heterocycles. The molecule has 1 heterocycles. The van der Waals surface area contributed by atoms with Crippen molar-refractivity contribution < 1.29 is 38.9 Å². The number of esters is 1. The van der Waals surface area contributed by atoms with Crippen LogP contribution < -0.4 is 15.5 Å². The number of aromatic hydroxyl groups is 2.